The Labute approximate surface area is 272 Å². The first-order chi connectivity index (χ1) is 21.4. The summed E-state index contributed by atoms with van der Waals surface area (Å²) in [6.45, 7) is 4.53. The number of hydrogen-bond donors (Lipinski definition) is 1. The van der Waals surface area contributed by atoms with Gasteiger partial charge < -0.3 is 4.74 Å². The molecule has 2 aromatic carbocycles. The van der Waals surface area contributed by atoms with Gasteiger partial charge in [0.15, 0.2) is 0 Å². The molecule has 5 rings (SSSR count). The van der Waals surface area contributed by atoms with Crippen LogP contribution in [0.4, 0.5) is 5.69 Å². The molecule has 0 unspecified atom stereocenters. The van der Waals surface area contributed by atoms with Gasteiger partial charge in [0.25, 0.3) is 0 Å². The number of hydrogen-bond acceptors (Lipinski definition) is 6. The van der Waals surface area contributed by atoms with Crippen LogP contribution in [-0.2, 0) is 30.5 Å². The van der Waals surface area contributed by atoms with Crippen molar-refractivity contribution in [1.82, 2.24) is 9.21 Å². The fourth-order valence-corrected chi connectivity index (χ4v) is 11.7. The number of aliphatic carboxylic acids is 1. The molecule has 3 heterocycles. The summed E-state index contributed by atoms with van der Waals surface area (Å²) in [5, 5.41) is 10.6. The number of benzene rings is 2. The van der Waals surface area contributed by atoms with E-state index in [4.69, 9.17) is 4.74 Å². The number of alkyl halides is 4. The van der Waals surface area contributed by atoms with Crippen molar-refractivity contribution in [2.24, 2.45) is 5.92 Å². The average molecular weight is 755 g/mol. The molecule has 1 N–H and O–H groups in total. The van der Waals surface area contributed by atoms with Crippen LogP contribution in [-0.4, -0.2) is 101 Å². The Morgan fingerprint density at radius 3 is 2.62 bits per heavy atom. The Balaban J connectivity index is 1.44. The van der Waals surface area contributed by atoms with Crippen molar-refractivity contribution >= 4 is 27.6 Å². The number of sulfonamides is 1. The van der Waals surface area contributed by atoms with Gasteiger partial charge >= 0.3 is 202 Å². The standard InChI is InChI=1S/C34H49IN3O6S/c1-5-6-16-38(28-10-7-9-25(20-28)22-35(2,3)4)32(39)24-36-23-29(26-11-12-31-27(21-26)14-18-44-31)33(34(40)41)30(36)13-17-37-15-8-19-45(37,42)43/h7,9-12,20-21,29-30,33H,5-6,8,13-19,22-24H2,1-4H3,(H,40,41)/q-1/t29-,30+,33-/m1/s1. The zero-order valence-electron chi connectivity index (χ0n) is 27.1. The molecule has 0 aliphatic carbocycles. The number of rotatable bonds is 13. The quantitative estimate of drug-likeness (QED) is 0.240. The Kier molecular flexibility index (Phi) is 10.8. The van der Waals surface area contributed by atoms with Crippen molar-refractivity contribution in [1.29, 1.82) is 0 Å². The first-order valence-electron chi connectivity index (χ1n) is 16.0. The van der Waals surface area contributed by atoms with Gasteiger partial charge in [-0.2, -0.15) is 0 Å². The number of carboxylic acid groups (broad SMARTS) is 1. The molecule has 11 heteroatoms. The summed E-state index contributed by atoms with van der Waals surface area (Å²) >= 11 is -1.80. The fraction of sp³-hybridized carbons (Fsp3) is 0.588. The van der Waals surface area contributed by atoms with Crippen LogP contribution in [0, 0.1) is 5.92 Å². The fourth-order valence-electron chi connectivity index (χ4n) is 7.09. The molecule has 0 bridgehead atoms. The number of nitrogens with zero attached hydrogens (tertiary/aromatic N) is 3. The zero-order valence-corrected chi connectivity index (χ0v) is 30.1. The second-order valence-corrected chi connectivity index (χ2v) is 27.3. The van der Waals surface area contributed by atoms with Crippen LogP contribution in [0.25, 0.3) is 0 Å². The number of unbranched alkanes of at least 4 members (excludes halogenated alkanes) is 1. The summed E-state index contributed by atoms with van der Waals surface area (Å²) < 4.78 is 33.5. The number of ether oxygens (including phenoxy) is 1. The van der Waals surface area contributed by atoms with Gasteiger partial charge in [-0.1, -0.05) is 0 Å². The minimum atomic E-state index is -3.32. The van der Waals surface area contributed by atoms with E-state index in [2.05, 4.69) is 39.9 Å². The number of carbonyl (C=O) groups is 2. The SMILES string of the molecule is CCCCN(C(=O)CN1C[C@H](c2ccc3c(c2)CCO3)[C@@H](C(=O)O)[C@@H]1CCN1CCCS1(=O)=O)c1cccc(C[I-](C)(C)C)c1. The van der Waals surface area contributed by atoms with Crippen LogP contribution in [0.15, 0.2) is 42.5 Å². The van der Waals surface area contributed by atoms with Crippen molar-refractivity contribution < 1.29 is 46.3 Å². The van der Waals surface area contributed by atoms with E-state index >= 15 is 0 Å². The second-order valence-electron chi connectivity index (χ2n) is 13.4. The van der Waals surface area contributed by atoms with Gasteiger partial charge in [-0.15, -0.1) is 0 Å². The third-order valence-electron chi connectivity index (χ3n) is 9.20. The first kappa shape index (κ1) is 34.1. The summed E-state index contributed by atoms with van der Waals surface area (Å²) in [6, 6.07) is 13.8. The van der Waals surface area contributed by atoms with Gasteiger partial charge in [0.1, 0.15) is 5.75 Å². The van der Waals surface area contributed by atoms with E-state index in [0.717, 1.165) is 46.3 Å². The molecule has 9 nitrogen and oxygen atoms in total. The second kappa shape index (κ2) is 14.3. The zero-order chi connectivity index (χ0) is 32.4. The molecule has 2 saturated heterocycles. The minimum absolute atomic E-state index is 0.0526. The maximum absolute atomic E-state index is 14.2. The van der Waals surface area contributed by atoms with E-state index in [1.807, 2.05) is 34.1 Å². The number of halogens is 1. The van der Waals surface area contributed by atoms with E-state index < -0.39 is 46.4 Å². The third-order valence-corrected chi connectivity index (χ3v) is 14.3. The molecule has 0 radical (unpaired) electrons. The van der Waals surface area contributed by atoms with Crippen LogP contribution in [0.1, 0.15) is 55.2 Å². The number of likely N-dealkylation sites (tertiary alicyclic amines) is 1. The number of anilines is 1. The van der Waals surface area contributed by atoms with Crippen molar-refractivity contribution in [3.63, 3.8) is 0 Å². The summed E-state index contributed by atoms with van der Waals surface area (Å²) in [5.41, 5.74) is 4.16. The number of fused-ring (bicyclic) bond motifs is 1. The van der Waals surface area contributed by atoms with Crippen LogP contribution in [0.5, 0.6) is 5.75 Å². The van der Waals surface area contributed by atoms with Gasteiger partial charge in [0, 0.05) is 13.0 Å². The van der Waals surface area contributed by atoms with Crippen LogP contribution < -0.4 is 28.1 Å². The van der Waals surface area contributed by atoms with E-state index in [9.17, 15) is 23.1 Å². The average Bonchev–Trinajstić information content (AvgIpc) is 3.67. The van der Waals surface area contributed by atoms with Crippen molar-refractivity contribution in [2.75, 3.05) is 64.8 Å². The van der Waals surface area contributed by atoms with E-state index in [0.29, 0.717) is 39.1 Å². The Hall–Kier alpha value is -2.22. The van der Waals surface area contributed by atoms with Gasteiger partial charge in [-0.25, -0.2) is 8.42 Å². The predicted octanol–water partition coefficient (Wildman–Crippen LogP) is 0.899. The van der Waals surface area contributed by atoms with E-state index in [-0.39, 0.29) is 30.7 Å². The Morgan fingerprint density at radius 2 is 1.93 bits per heavy atom. The molecule has 0 spiro atoms. The molecule has 2 fully saturated rings. The summed E-state index contributed by atoms with van der Waals surface area (Å²) in [5.74, 6) is -1.09. The van der Waals surface area contributed by atoms with Gasteiger partial charge in [-0.3, -0.25) is 0 Å². The van der Waals surface area contributed by atoms with Crippen molar-refractivity contribution in [3.8, 4) is 5.75 Å². The molecule has 45 heavy (non-hydrogen) atoms. The van der Waals surface area contributed by atoms with Crippen LogP contribution in [0.3, 0.4) is 0 Å². The maximum atomic E-state index is 14.2. The molecule has 3 aliphatic heterocycles. The molecule has 3 aliphatic rings. The van der Waals surface area contributed by atoms with Crippen molar-refractivity contribution in [3.05, 3.63) is 59.2 Å². The Morgan fingerprint density at radius 1 is 1.13 bits per heavy atom. The number of carboxylic acids is 1. The Bertz CT molecular complexity index is 1490. The summed E-state index contributed by atoms with van der Waals surface area (Å²) in [7, 11) is -3.32. The molecule has 0 saturated carbocycles. The molecular weight excluding hydrogens is 705 g/mol. The molecule has 1 amide bonds. The number of amides is 1. The summed E-state index contributed by atoms with van der Waals surface area (Å²) in [4.78, 5) is 38.2. The monoisotopic (exact) mass is 754 g/mol. The van der Waals surface area contributed by atoms with Crippen molar-refractivity contribution in [2.45, 2.75) is 55.4 Å². The normalized spacial score (nSPS) is 23.5. The molecule has 0 aromatic heterocycles. The molecule has 3 atom stereocenters. The summed E-state index contributed by atoms with van der Waals surface area (Å²) in [6.07, 6.45) is 3.54. The molecular formula is C34H49IN3O6S-. The van der Waals surface area contributed by atoms with Gasteiger partial charge in [0.05, 0.1) is 12.4 Å². The van der Waals surface area contributed by atoms with Crippen LogP contribution >= 0.6 is 0 Å². The number of carbonyl (C=O) groups excluding carboxylic acids is 1. The topological polar surface area (TPSA) is 107 Å². The predicted molar refractivity (Wildman–Crippen MR) is 175 cm³/mol. The van der Waals surface area contributed by atoms with Gasteiger partial charge in [0.2, 0.25) is 10.0 Å². The van der Waals surface area contributed by atoms with E-state index in [1.54, 1.807) is 0 Å². The third kappa shape index (κ3) is 8.20. The van der Waals surface area contributed by atoms with E-state index in [1.165, 1.54) is 9.87 Å². The van der Waals surface area contributed by atoms with Crippen LogP contribution in [0.2, 0.25) is 0 Å². The molecule has 250 valence electrons. The molecule has 2 aromatic rings. The van der Waals surface area contributed by atoms with Gasteiger partial charge in [-0.05, 0) is 18.1 Å². The first-order valence-corrected chi connectivity index (χ1v) is 25.6.